The number of methoxy groups -OCH3 is 1. The highest BCUT2D eigenvalue weighted by molar-refractivity contribution is 6.03. The number of hydrogen-bond donors (Lipinski definition) is 0. The van der Waals surface area contributed by atoms with E-state index in [0.29, 0.717) is 5.95 Å². The largest absolute Gasteiger partial charge is 0.383 e. The van der Waals surface area contributed by atoms with E-state index < -0.39 is 0 Å². The maximum absolute atomic E-state index is 12.5. The lowest BCUT2D eigenvalue weighted by Crippen LogP contribution is -2.67. The van der Waals surface area contributed by atoms with Crippen molar-refractivity contribution < 1.29 is 9.53 Å². The number of piperidine rings is 1. The number of hydrogen-bond acceptors (Lipinski definition) is 5. The molecule has 0 aromatic carbocycles. The number of carbonyl (C=O) groups excluding carboxylic acids is 1. The molecule has 0 aliphatic carbocycles. The first-order valence-electron chi connectivity index (χ1n) is 7.05. The van der Waals surface area contributed by atoms with Crippen LogP contribution in [-0.2, 0) is 9.53 Å². The van der Waals surface area contributed by atoms with Crippen LogP contribution in [0, 0.1) is 5.41 Å². The Morgan fingerprint density at radius 1 is 1.35 bits per heavy atom. The molecule has 2 fully saturated rings. The maximum Gasteiger partial charge on any atom is 0.238 e. The molecule has 20 heavy (non-hydrogen) atoms. The number of amides is 1. The third-order valence-corrected chi connectivity index (χ3v) is 4.22. The number of nitrogens with zero attached hydrogens (tertiary/aromatic N) is 4. The minimum Gasteiger partial charge on any atom is -0.383 e. The lowest BCUT2D eigenvalue weighted by Gasteiger charge is -2.52. The molecule has 2 aliphatic heterocycles. The van der Waals surface area contributed by atoms with E-state index >= 15 is 0 Å². The van der Waals surface area contributed by atoms with E-state index in [4.69, 9.17) is 4.74 Å². The van der Waals surface area contributed by atoms with Gasteiger partial charge in [-0.2, -0.15) is 0 Å². The number of ether oxygens (including phenoxy) is 1. The van der Waals surface area contributed by atoms with E-state index in [0.717, 1.165) is 45.6 Å². The molecule has 1 atom stereocenters. The summed E-state index contributed by atoms with van der Waals surface area (Å²) in [5.74, 6) is 0.697. The van der Waals surface area contributed by atoms with Crippen LogP contribution in [0.25, 0.3) is 0 Å². The lowest BCUT2D eigenvalue weighted by atomic mass is 9.72. The standard InChI is InChI=1S/C14H20N4O2/c1-20-9-8-17-7-2-4-14(10-17)11-18(12(14)19)13-15-5-3-6-16-13/h3,5-6H,2,4,7-11H2,1H3. The fraction of sp³-hybridized carbons (Fsp3) is 0.643. The van der Waals surface area contributed by atoms with Gasteiger partial charge in [-0.15, -0.1) is 0 Å². The molecule has 3 heterocycles. The summed E-state index contributed by atoms with van der Waals surface area (Å²) >= 11 is 0. The number of aromatic nitrogens is 2. The molecule has 1 amide bonds. The minimum absolute atomic E-state index is 0.172. The Labute approximate surface area is 118 Å². The summed E-state index contributed by atoms with van der Waals surface area (Å²) in [6.45, 7) is 4.24. The van der Waals surface area contributed by atoms with Crippen LogP contribution in [0.15, 0.2) is 18.5 Å². The average Bonchev–Trinajstić information content (AvgIpc) is 2.51. The van der Waals surface area contributed by atoms with Gasteiger partial charge in [-0.25, -0.2) is 9.97 Å². The molecule has 0 bridgehead atoms. The molecule has 2 saturated heterocycles. The van der Waals surface area contributed by atoms with Crippen molar-refractivity contribution in [2.45, 2.75) is 12.8 Å². The van der Waals surface area contributed by atoms with Crippen molar-refractivity contribution in [3.05, 3.63) is 18.5 Å². The van der Waals surface area contributed by atoms with Gasteiger partial charge >= 0.3 is 0 Å². The van der Waals surface area contributed by atoms with Crippen molar-refractivity contribution in [1.82, 2.24) is 14.9 Å². The first kappa shape index (κ1) is 13.5. The first-order valence-corrected chi connectivity index (χ1v) is 7.05. The minimum atomic E-state index is -0.217. The van der Waals surface area contributed by atoms with Gasteiger partial charge in [-0.1, -0.05) is 0 Å². The molecule has 1 aromatic rings. The highest BCUT2D eigenvalue weighted by atomic mass is 16.5. The average molecular weight is 276 g/mol. The topological polar surface area (TPSA) is 58.6 Å². The zero-order chi connectivity index (χ0) is 14.0. The predicted molar refractivity (Wildman–Crippen MR) is 74.4 cm³/mol. The van der Waals surface area contributed by atoms with E-state index in [9.17, 15) is 4.79 Å². The Kier molecular flexibility index (Phi) is 3.67. The second-order valence-electron chi connectivity index (χ2n) is 5.59. The number of rotatable bonds is 4. The predicted octanol–water partition coefficient (Wildman–Crippen LogP) is 0.552. The van der Waals surface area contributed by atoms with E-state index in [2.05, 4.69) is 14.9 Å². The molecule has 108 valence electrons. The normalized spacial score (nSPS) is 26.9. The van der Waals surface area contributed by atoms with Gasteiger partial charge in [-0.3, -0.25) is 14.6 Å². The highest BCUT2D eigenvalue weighted by Crippen LogP contribution is 2.41. The van der Waals surface area contributed by atoms with Crippen molar-refractivity contribution in [2.75, 3.05) is 44.8 Å². The van der Waals surface area contributed by atoms with Crippen LogP contribution >= 0.6 is 0 Å². The van der Waals surface area contributed by atoms with Crippen LogP contribution < -0.4 is 4.90 Å². The second-order valence-corrected chi connectivity index (χ2v) is 5.59. The van der Waals surface area contributed by atoms with Crippen molar-refractivity contribution in [3.63, 3.8) is 0 Å². The van der Waals surface area contributed by atoms with Gasteiger partial charge < -0.3 is 4.74 Å². The van der Waals surface area contributed by atoms with E-state index in [1.807, 2.05) is 0 Å². The number of carbonyl (C=O) groups is 1. The van der Waals surface area contributed by atoms with Crippen LogP contribution in [0.1, 0.15) is 12.8 Å². The van der Waals surface area contributed by atoms with E-state index in [1.165, 1.54) is 0 Å². The summed E-state index contributed by atoms with van der Waals surface area (Å²) < 4.78 is 5.12. The fourth-order valence-electron chi connectivity index (χ4n) is 3.17. The summed E-state index contributed by atoms with van der Waals surface area (Å²) in [5.41, 5.74) is -0.217. The van der Waals surface area contributed by atoms with Crippen molar-refractivity contribution >= 4 is 11.9 Å². The molecule has 3 rings (SSSR count). The van der Waals surface area contributed by atoms with Crippen LogP contribution in [-0.4, -0.2) is 60.7 Å². The van der Waals surface area contributed by atoms with E-state index in [-0.39, 0.29) is 11.3 Å². The zero-order valence-corrected chi connectivity index (χ0v) is 11.8. The van der Waals surface area contributed by atoms with Gasteiger partial charge in [0.15, 0.2) is 0 Å². The van der Waals surface area contributed by atoms with Gasteiger partial charge in [-0.05, 0) is 25.5 Å². The quantitative estimate of drug-likeness (QED) is 0.752. The van der Waals surface area contributed by atoms with Crippen LogP contribution in [0.4, 0.5) is 5.95 Å². The summed E-state index contributed by atoms with van der Waals surface area (Å²) in [6.07, 6.45) is 5.39. The Morgan fingerprint density at radius 3 is 2.85 bits per heavy atom. The van der Waals surface area contributed by atoms with Gasteiger partial charge in [0.05, 0.1) is 12.0 Å². The maximum atomic E-state index is 12.5. The molecule has 1 aromatic heterocycles. The smallest absolute Gasteiger partial charge is 0.238 e. The molecule has 0 N–H and O–H groups in total. The monoisotopic (exact) mass is 276 g/mol. The third-order valence-electron chi connectivity index (χ3n) is 4.22. The molecule has 6 heteroatoms. The molecule has 1 unspecified atom stereocenters. The lowest BCUT2D eigenvalue weighted by molar-refractivity contribution is -0.139. The van der Waals surface area contributed by atoms with Gasteiger partial charge in [0, 0.05) is 39.1 Å². The number of anilines is 1. The molecular weight excluding hydrogens is 256 g/mol. The Hall–Kier alpha value is -1.53. The SMILES string of the molecule is COCCN1CCCC2(C1)CN(c1ncccn1)C2=O. The van der Waals surface area contributed by atoms with E-state index in [1.54, 1.807) is 30.5 Å². The number of likely N-dealkylation sites (tertiary alicyclic amines) is 1. The summed E-state index contributed by atoms with van der Waals surface area (Å²) in [7, 11) is 1.71. The summed E-state index contributed by atoms with van der Waals surface area (Å²) in [5, 5.41) is 0. The first-order chi connectivity index (χ1) is 9.75. The molecule has 1 spiro atoms. The van der Waals surface area contributed by atoms with Crippen molar-refractivity contribution in [2.24, 2.45) is 5.41 Å². The molecular formula is C14H20N4O2. The third kappa shape index (κ3) is 2.29. The molecule has 6 nitrogen and oxygen atoms in total. The molecule has 0 saturated carbocycles. The van der Waals surface area contributed by atoms with Crippen LogP contribution in [0.3, 0.4) is 0 Å². The van der Waals surface area contributed by atoms with Crippen molar-refractivity contribution in [1.29, 1.82) is 0 Å². The van der Waals surface area contributed by atoms with Gasteiger partial charge in [0.25, 0.3) is 0 Å². The Bertz CT molecular complexity index is 481. The van der Waals surface area contributed by atoms with Gasteiger partial charge in [0.2, 0.25) is 11.9 Å². The van der Waals surface area contributed by atoms with Crippen molar-refractivity contribution in [3.8, 4) is 0 Å². The molecule has 2 aliphatic rings. The fourth-order valence-corrected chi connectivity index (χ4v) is 3.17. The zero-order valence-electron chi connectivity index (χ0n) is 11.8. The summed E-state index contributed by atoms with van der Waals surface area (Å²) in [6, 6.07) is 1.76. The van der Waals surface area contributed by atoms with Gasteiger partial charge in [0.1, 0.15) is 0 Å². The molecule has 0 radical (unpaired) electrons. The van der Waals surface area contributed by atoms with Crippen LogP contribution in [0.2, 0.25) is 0 Å². The highest BCUT2D eigenvalue weighted by Gasteiger charge is 2.54. The second kappa shape index (κ2) is 5.46. The summed E-state index contributed by atoms with van der Waals surface area (Å²) in [4.78, 5) is 24.9. The Balaban J connectivity index is 1.65. The number of β-lactam (4-membered cyclic amide) rings is 1. The van der Waals surface area contributed by atoms with Crippen LogP contribution in [0.5, 0.6) is 0 Å². The Morgan fingerprint density at radius 2 is 2.15 bits per heavy atom.